The molecule has 2 saturated carbocycles. The summed E-state index contributed by atoms with van der Waals surface area (Å²) >= 11 is 0. The van der Waals surface area contributed by atoms with Crippen LogP contribution in [0, 0.1) is 83.1 Å². The lowest BCUT2D eigenvalue weighted by Crippen LogP contribution is -2.24. The highest BCUT2D eigenvalue weighted by molar-refractivity contribution is 5.38. The first kappa shape index (κ1) is 68.0. The van der Waals surface area contributed by atoms with Gasteiger partial charge in [0.1, 0.15) is 0 Å². The van der Waals surface area contributed by atoms with Crippen LogP contribution in [0.2, 0.25) is 0 Å². The summed E-state index contributed by atoms with van der Waals surface area (Å²) in [5, 5.41) is 0. The fourth-order valence-corrected chi connectivity index (χ4v) is 10.3. The summed E-state index contributed by atoms with van der Waals surface area (Å²) in [5.74, 6) is 1.93. The van der Waals surface area contributed by atoms with E-state index in [2.05, 4.69) is 308 Å². The molecule has 0 saturated heterocycles. The molecule has 0 heteroatoms. The third-order valence-electron chi connectivity index (χ3n) is 16.7. The van der Waals surface area contributed by atoms with Crippen molar-refractivity contribution in [3.8, 4) is 0 Å². The molecule has 0 spiro atoms. The van der Waals surface area contributed by atoms with Gasteiger partial charge >= 0.3 is 0 Å². The van der Waals surface area contributed by atoms with E-state index in [0.717, 1.165) is 0 Å². The van der Waals surface area contributed by atoms with E-state index in [9.17, 15) is 0 Å². The molecular formula is C80H108. The summed E-state index contributed by atoms with van der Waals surface area (Å²) < 4.78 is 0. The van der Waals surface area contributed by atoms with Crippen LogP contribution in [0.4, 0.5) is 0 Å². The van der Waals surface area contributed by atoms with Gasteiger partial charge in [-0.2, -0.15) is 0 Å². The van der Waals surface area contributed by atoms with Crippen LogP contribution in [-0.2, 0) is 10.8 Å². The average molecular weight is 1070 g/mol. The summed E-state index contributed by atoms with van der Waals surface area (Å²) in [6.07, 6.45) is 9.74. The second-order valence-electron chi connectivity index (χ2n) is 24.6. The molecule has 0 nitrogen and oxygen atoms in total. The molecule has 8 aromatic rings. The molecule has 10 rings (SSSR count). The Morgan fingerprint density at radius 1 is 0.263 bits per heavy atom. The predicted octanol–water partition coefficient (Wildman–Crippen LogP) is 23.8. The quantitative estimate of drug-likeness (QED) is 0.161. The molecule has 0 atom stereocenters. The molecule has 0 bridgehead atoms. The maximum Gasteiger partial charge on any atom is -0.00746 e. The van der Waals surface area contributed by atoms with Crippen molar-refractivity contribution in [1.82, 2.24) is 0 Å². The Morgan fingerprint density at radius 2 is 0.575 bits per heavy atom. The highest BCUT2D eigenvalue weighted by Gasteiger charge is 2.38. The molecule has 2 fully saturated rings. The minimum absolute atomic E-state index is 0.472. The van der Waals surface area contributed by atoms with Crippen molar-refractivity contribution in [3.63, 3.8) is 0 Å². The van der Waals surface area contributed by atoms with Gasteiger partial charge in [-0.3, -0.25) is 0 Å². The minimum Gasteiger partial charge on any atom is -0.0622 e. The highest BCUT2D eigenvalue weighted by atomic mass is 14.4. The van der Waals surface area contributed by atoms with Gasteiger partial charge in [-0.15, -0.1) is 0 Å². The van der Waals surface area contributed by atoms with Crippen LogP contribution in [-0.4, -0.2) is 0 Å². The number of hydrogen-bond acceptors (Lipinski definition) is 0. The lowest BCUT2D eigenvalue weighted by atomic mass is 9.71. The number of hydrogen-bond donors (Lipinski definition) is 0. The summed E-state index contributed by atoms with van der Waals surface area (Å²) in [6.45, 7) is 44.0. The SMILES string of the molecule is CC1(c2ccccc2)CC1.CC1(c2ccccc2)CCCCC1.Cc1c(C(C)C)cccc1C(C)C.Cc1cc(C)c(C)c(C)c1.Cc1cccc(C)c1C.Cc1ccccc1.Cc1ccccc1C.Cc1ccccc1C(C)C. The molecule has 0 amide bonds. The van der Waals surface area contributed by atoms with E-state index in [1.54, 1.807) is 0 Å². The van der Waals surface area contributed by atoms with Gasteiger partial charge < -0.3 is 0 Å². The molecule has 0 unspecified atom stereocenters. The van der Waals surface area contributed by atoms with Crippen LogP contribution in [0.3, 0.4) is 0 Å². The van der Waals surface area contributed by atoms with E-state index in [1.165, 1.54) is 140 Å². The zero-order valence-corrected chi connectivity index (χ0v) is 54.1. The van der Waals surface area contributed by atoms with Gasteiger partial charge in [-0.1, -0.05) is 274 Å². The van der Waals surface area contributed by atoms with E-state index >= 15 is 0 Å². The topological polar surface area (TPSA) is 0 Å². The molecular weight excluding hydrogens is 961 g/mol. The van der Waals surface area contributed by atoms with E-state index in [-0.39, 0.29) is 0 Å². The molecule has 0 heterocycles. The van der Waals surface area contributed by atoms with Crippen molar-refractivity contribution < 1.29 is 0 Å². The van der Waals surface area contributed by atoms with Crippen LogP contribution < -0.4 is 0 Å². The Hall–Kier alpha value is -6.24. The van der Waals surface area contributed by atoms with Crippen LogP contribution in [0.25, 0.3) is 0 Å². The van der Waals surface area contributed by atoms with Gasteiger partial charge in [-0.05, 0) is 221 Å². The highest BCUT2D eigenvalue weighted by Crippen LogP contribution is 2.47. The van der Waals surface area contributed by atoms with Gasteiger partial charge in [0.25, 0.3) is 0 Å². The van der Waals surface area contributed by atoms with Crippen molar-refractivity contribution in [2.45, 2.75) is 212 Å². The Labute approximate surface area is 492 Å². The zero-order chi connectivity index (χ0) is 59.4. The predicted molar refractivity (Wildman–Crippen MR) is 358 cm³/mol. The van der Waals surface area contributed by atoms with Crippen molar-refractivity contribution >= 4 is 0 Å². The van der Waals surface area contributed by atoms with Crippen molar-refractivity contribution in [2.75, 3.05) is 0 Å². The zero-order valence-electron chi connectivity index (χ0n) is 54.1. The van der Waals surface area contributed by atoms with Gasteiger partial charge in [0, 0.05) is 0 Å². The standard InChI is InChI=1S/C13H18.C13H20.C10H12.2C10H14.C9H12.C8H10.C7H8/c1-13(10-6-3-7-11-13)12-8-4-2-5-9-12;1-9(2)12-7-6-8-13(10(3)4)11(12)5;1-10(7-8-10)9-5-3-2-4-6-9;1-7-5-8(2)10(4)9(3)6-7;1-8(2)10-7-5-4-6-9(10)3;1-7-5-4-6-8(2)9(7)3;1-7-5-3-4-6-8(7)2;1-7-5-3-2-4-6-7/h2,4-5,8-9H,3,6-7,10-11H2,1H3;6-10H,1-5H3;2-6H,7-8H2,1H3;5-6H,1-4H3;4-8H,1-3H3;4-6H,1-3H3;3-6H,1-2H3;2-6H,1H3. The largest absolute Gasteiger partial charge is 0.0622 e. The Balaban J connectivity index is 0.000000242. The molecule has 0 radical (unpaired) electrons. The smallest absolute Gasteiger partial charge is 0.00746 e. The Kier molecular flexibility index (Phi) is 29.6. The molecule has 80 heavy (non-hydrogen) atoms. The second kappa shape index (κ2) is 34.8. The Morgan fingerprint density at radius 3 is 0.900 bits per heavy atom. The summed E-state index contributed by atoms with van der Waals surface area (Å²) in [5.41, 5.74) is 25.2. The van der Waals surface area contributed by atoms with Crippen molar-refractivity contribution in [1.29, 1.82) is 0 Å². The van der Waals surface area contributed by atoms with Gasteiger partial charge in [0.2, 0.25) is 0 Å². The van der Waals surface area contributed by atoms with Crippen molar-refractivity contribution in [2.24, 2.45) is 0 Å². The van der Waals surface area contributed by atoms with Gasteiger partial charge in [0.15, 0.2) is 0 Å². The van der Waals surface area contributed by atoms with Crippen LogP contribution in [0.15, 0.2) is 188 Å². The fourth-order valence-electron chi connectivity index (χ4n) is 10.3. The Bertz CT molecular complexity index is 2860. The number of benzene rings is 8. The molecule has 0 aliphatic heterocycles. The first-order chi connectivity index (χ1) is 37.9. The summed E-state index contributed by atoms with van der Waals surface area (Å²) in [6, 6.07) is 66.4. The molecule has 428 valence electrons. The fraction of sp³-hybridized carbons (Fsp3) is 0.400. The number of rotatable bonds is 5. The molecule has 0 N–H and O–H groups in total. The summed E-state index contributed by atoms with van der Waals surface area (Å²) in [4.78, 5) is 0. The van der Waals surface area contributed by atoms with E-state index in [0.29, 0.717) is 28.6 Å². The molecule has 0 aromatic heterocycles. The maximum absolute atomic E-state index is 2.42. The van der Waals surface area contributed by atoms with Crippen LogP contribution in [0.5, 0.6) is 0 Å². The van der Waals surface area contributed by atoms with Crippen LogP contribution in [0.1, 0.15) is 213 Å². The van der Waals surface area contributed by atoms with Crippen molar-refractivity contribution in [3.05, 3.63) is 283 Å². The first-order valence-corrected chi connectivity index (χ1v) is 30.3. The van der Waals surface area contributed by atoms with E-state index in [1.807, 2.05) is 18.2 Å². The minimum atomic E-state index is 0.472. The monoisotopic (exact) mass is 1070 g/mol. The lowest BCUT2D eigenvalue weighted by Gasteiger charge is -2.34. The third-order valence-corrected chi connectivity index (χ3v) is 16.7. The molecule has 2 aliphatic carbocycles. The first-order valence-electron chi connectivity index (χ1n) is 30.3. The van der Waals surface area contributed by atoms with Gasteiger partial charge in [-0.25, -0.2) is 0 Å². The van der Waals surface area contributed by atoms with Crippen LogP contribution >= 0.6 is 0 Å². The summed E-state index contributed by atoms with van der Waals surface area (Å²) in [7, 11) is 0. The lowest BCUT2D eigenvalue weighted by molar-refractivity contribution is 0.319. The third kappa shape index (κ3) is 23.8. The second-order valence-corrected chi connectivity index (χ2v) is 24.6. The normalized spacial score (nSPS) is 13.2. The number of aryl methyl sites for hydroxylation is 9. The van der Waals surface area contributed by atoms with E-state index in [4.69, 9.17) is 0 Å². The molecule has 2 aliphatic rings. The maximum atomic E-state index is 2.42. The molecule has 8 aromatic carbocycles. The van der Waals surface area contributed by atoms with Gasteiger partial charge in [0.05, 0.1) is 0 Å². The van der Waals surface area contributed by atoms with E-state index < -0.39 is 0 Å². The average Bonchev–Trinajstić information content (AvgIpc) is 4.20.